The second-order valence-electron chi connectivity index (χ2n) is 34.6. The molecule has 28 atom stereocenters. The molecule has 14 aromatic rings. The van der Waals surface area contributed by atoms with Gasteiger partial charge >= 0.3 is 11.9 Å². The SMILES string of the molecule is C[C@H]1[C@H](F)[C@H](n2cnc3c(N)ncnc32)O[C@@H]1C(=O)O.C[C@H]1[C@H](F)[C@H](n2cnc3c(N)ncnc32)O[C@@H]1CO.Nc1ncnc2c1ncn2[C@@H]1O[C@H](C(=O)O)[C@@H](O)[C@@H]1F.Nc1ncnc2c1ncn2[C@@H]1O[C@H](CO)[C@@H](O)[C@@H]1F.[3H]CCNc1ncnc2c1ncn2[C@@H]1O[C@H](CCCO[3H])[C@@H](C)[C@@H]1F.[3H]CCNc1ncnc2c1ncn2[C@@H]1O[C@H](CCCO[3H])[C@@H](C)[C@@H]1F.[3H]CCNc1ncnc2c1ncn2[C@@H]1O[C@H](CCCO[3H])[C@@H](O)[C@@H]1F. The number of hydrogen-bond donors (Lipinski definition) is 17. The van der Waals surface area contributed by atoms with E-state index in [0.717, 1.165) is 0 Å². The minimum atomic E-state index is -1.93. The average molecular weight is 2090 g/mol. The van der Waals surface area contributed by atoms with Crippen LogP contribution in [0, 0.1) is 23.7 Å². The van der Waals surface area contributed by atoms with Gasteiger partial charge in [-0.25, -0.2) is 145 Å². The quantitative estimate of drug-likeness (QED) is 0.0236. The molecule has 0 bridgehead atoms. The number of ether oxygens (including phenoxy) is 7. The van der Waals surface area contributed by atoms with Gasteiger partial charge in [-0.15, -0.1) is 0 Å². The minimum Gasteiger partial charge on any atom is -0.479 e. The molecule has 0 radical (unpaired) electrons. The Morgan fingerprint density at radius 3 is 0.864 bits per heavy atom. The first-order chi connectivity index (χ1) is 73.8. The van der Waals surface area contributed by atoms with Gasteiger partial charge in [0.1, 0.15) is 90.8 Å². The molecule has 0 saturated carbocycles. The fraction of sp³-hybridized carbons (Fsp3) is 0.570. The number of aliphatic hydroxyl groups excluding tert-OH is 8. The zero-order valence-electron chi connectivity index (χ0n) is 84.8. The van der Waals surface area contributed by atoms with Gasteiger partial charge < -0.3 is 123 Å². The van der Waals surface area contributed by atoms with Crippen molar-refractivity contribution in [1.29, 1.82) is 4.29 Å². The second kappa shape index (κ2) is 47.4. The summed E-state index contributed by atoms with van der Waals surface area (Å²) in [6, 6.07) is 0. The van der Waals surface area contributed by atoms with Gasteiger partial charge in [-0.3, -0.25) is 32.0 Å². The number of aliphatic hydroxyl groups is 8. The van der Waals surface area contributed by atoms with Crippen LogP contribution in [0.4, 0.5) is 71.5 Å². The van der Waals surface area contributed by atoms with Gasteiger partial charge in [0.25, 0.3) is 0 Å². The molecule has 7 saturated heterocycles. The van der Waals surface area contributed by atoms with E-state index in [1.165, 1.54) is 118 Å². The third-order valence-electron chi connectivity index (χ3n) is 25.5. The Hall–Kier alpha value is -13.7. The van der Waals surface area contributed by atoms with Crippen molar-refractivity contribution in [2.75, 3.05) is 91.6 Å². The zero-order chi connectivity index (χ0) is 109. The smallest absolute Gasteiger partial charge is 0.335 e. The first-order valence-electron chi connectivity index (χ1n) is 49.5. The van der Waals surface area contributed by atoms with E-state index in [-0.39, 0.29) is 92.4 Å². The van der Waals surface area contributed by atoms with E-state index in [1.807, 2.05) is 13.8 Å². The highest BCUT2D eigenvalue weighted by Gasteiger charge is 2.53. The molecule has 21 rings (SSSR count). The molecule has 7 fully saturated rings. The fourth-order valence-electron chi connectivity index (χ4n) is 17.6. The summed E-state index contributed by atoms with van der Waals surface area (Å²) in [4.78, 5) is 107. The molecule has 14 aromatic heterocycles. The summed E-state index contributed by atoms with van der Waals surface area (Å²) in [5, 5.41) is 87.2. The number of alkyl halides is 7. The summed E-state index contributed by atoms with van der Waals surface area (Å²) >= 11 is 0. The van der Waals surface area contributed by atoms with Crippen LogP contribution in [0.2, 0.25) is 0 Å². The molecule has 0 aliphatic carbocycles. The van der Waals surface area contributed by atoms with E-state index in [9.17, 15) is 55.6 Å². The second-order valence-corrected chi connectivity index (χ2v) is 34.6. The molecule has 21 N–H and O–H groups in total. The van der Waals surface area contributed by atoms with E-state index in [4.69, 9.17) is 84.9 Å². The number of anilines is 7. The van der Waals surface area contributed by atoms with Crippen LogP contribution in [0.15, 0.2) is 88.6 Å². The molecule has 7 aliphatic rings. The lowest BCUT2D eigenvalue weighted by molar-refractivity contribution is -0.155. The summed E-state index contributed by atoms with van der Waals surface area (Å²) in [6.07, 6.45) is -5.11. The molecule has 0 spiro atoms. The van der Waals surface area contributed by atoms with Crippen LogP contribution >= 0.6 is 0 Å². The molecule has 0 amide bonds. The number of aromatic nitrogens is 28. The van der Waals surface area contributed by atoms with Crippen molar-refractivity contribution in [2.24, 2.45) is 23.7 Å². The molecule has 21 heterocycles. The number of nitrogens with zero attached hydrogens (tertiary/aromatic N) is 28. The fourth-order valence-corrected chi connectivity index (χ4v) is 17.6. The summed E-state index contributed by atoms with van der Waals surface area (Å²) in [6.45, 7) is 8.87. The number of carboxylic acids is 2. The summed E-state index contributed by atoms with van der Waals surface area (Å²) < 4.78 is 191. The van der Waals surface area contributed by atoms with Crippen molar-refractivity contribution in [3.05, 3.63) is 88.6 Å². The highest BCUT2D eigenvalue weighted by Crippen LogP contribution is 2.46. The van der Waals surface area contributed by atoms with Crippen molar-refractivity contribution >= 4 is 131 Å². The van der Waals surface area contributed by atoms with Gasteiger partial charge in [0, 0.05) is 67.2 Å². The maximum absolute atomic E-state index is 14.8. The van der Waals surface area contributed by atoms with Crippen LogP contribution in [-0.2, 0) is 42.7 Å². The number of nitrogen functional groups attached to an aromatic ring is 4. The van der Waals surface area contributed by atoms with Crippen molar-refractivity contribution in [2.45, 2.75) is 235 Å². The number of fused-ring (bicyclic) bond motifs is 7. The normalized spacial score (nSPS) is 29.7. The first kappa shape index (κ1) is 99.3. The summed E-state index contributed by atoms with van der Waals surface area (Å²) in [5.41, 5.74) is 28.0. The Morgan fingerprint density at radius 2 is 0.571 bits per heavy atom. The lowest BCUT2D eigenvalue weighted by Gasteiger charge is -2.16. The highest BCUT2D eigenvalue weighted by atomic mass is 19.2. The first-order valence-corrected chi connectivity index (χ1v) is 46.1. The number of aliphatic carboxylic acids is 2. The standard InChI is InChI=1S/2C15H22FN5O2.C14H20FN5O3.C11H12FN5O3.C11H14FN5O2.C10H10FN5O4.C10H12FN5O3/c2*1-3-17-13-12-14(19-7-18-13)21(8-20-12)15-11(16)9(2)10(23-15)5-4-6-22;1-2-16-12-10-13(18-6-17-12)20(7-19-10)14-9(15)11(22)8(23-14)4-3-5-21;1-4-5(12)10(20-7(4)11(18)19)17-3-16-6-8(13)14-2-15-9(6)17;1-5-6(2-18)19-11(7(5)12)17-4-16-8-9(13)14-3-15-10(8)17;11-3-5(17)6(10(18)19)20-9(3)16-2-15-4-7(12)13-1-14-8(4)16;11-5-7(18)4(1-17)19-10(5)16-3-15-6-8(12)13-2-14-9(6)16/h2*7-11,15,22H,3-6H2,1-2H3,(H,17,18,19);6-9,11,14,21-22H,2-5H2,1H3,(H,16,17,18);2-5,7,10H,1H3,(H,18,19)(H2,13,14,15);3-7,11,18H,2H2,1H3,(H2,13,14,15);1-3,5-6,9,17H,(H,18,19)(H2,12,13,14);2-5,7,10,17-18H,1H2,(H2,12,13,14)/t2*9-,10-,11+,15-;8-,9+,11-,14-;4-,5-,7-,10+;5-,6-,7+,11-;3-,5-,6-,9+;4-,5+,7-,10-/m1110101/s1/i2*1T,22T;1T,21T;;;;. The summed E-state index contributed by atoms with van der Waals surface area (Å²) in [5.74, 6) is -2.12. The maximum atomic E-state index is 14.8. The molecule has 0 aromatic carbocycles. The number of hydrogen-bond acceptors (Lipinski definition) is 45. The third kappa shape index (κ3) is 21.9. The highest BCUT2D eigenvalue weighted by molar-refractivity contribution is 5.87. The maximum Gasteiger partial charge on any atom is 0.335 e. The minimum absolute atomic E-state index is 0.109. The van der Waals surface area contributed by atoms with Crippen molar-refractivity contribution < 1.29 is 129 Å². The van der Waals surface area contributed by atoms with Crippen molar-refractivity contribution in [3.8, 4) is 0 Å². The molecule has 7 aliphatic heterocycles. The van der Waals surface area contributed by atoms with Gasteiger partial charge in [-0.1, -0.05) is 27.7 Å². The number of nitrogens with one attached hydrogen (secondary N) is 3. The zero-order valence-corrected chi connectivity index (χ0v) is 78.8. The molecular weight excluding hydrogens is 1960 g/mol. The average Bonchev–Trinajstić information content (AvgIpc) is 1.65. The van der Waals surface area contributed by atoms with Crippen LogP contribution in [0.5, 0.6) is 0 Å². The lowest BCUT2D eigenvalue weighted by Crippen LogP contribution is -2.34. The molecular formula is C86H112F7N35O19. The van der Waals surface area contributed by atoms with Crippen LogP contribution in [0.1, 0.15) is 135 Å². The molecule has 147 heavy (non-hydrogen) atoms. The number of nitrogens with two attached hydrogens (primary N) is 4. The number of imidazole rings is 7. The van der Waals surface area contributed by atoms with Gasteiger partial charge in [0.05, 0.1) is 81.9 Å². The Balaban J connectivity index is 0.000000133. The van der Waals surface area contributed by atoms with Gasteiger partial charge in [-0.2, -0.15) is 0 Å². The van der Waals surface area contributed by atoms with E-state index in [2.05, 4.69) is 136 Å². The molecule has 61 heteroatoms. The summed E-state index contributed by atoms with van der Waals surface area (Å²) in [7, 11) is 0. The number of carboxylic acid groups (broad SMARTS) is 2. The van der Waals surface area contributed by atoms with E-state index >= 15 is 0 Å². The van der Waals surface area contributed by atoms with Crippen molar-refractivity contribution in [3.63, 3.8) is 0 Å². The predicted molar refractivity (Wildman–Crippen MR) is 502 cm³/mol. The molecule has 794 valence electrons. The predicted octanol–water partition coefficient (Wildman–Crippen LogP) is 3.16. The van der Waals surface area contributed by atoms with Gasteiger partial charge in [-0.05, 0) is 59.2 Å². The monoisotopic (exact) mass is 2080 g/mol. The Kier molecular flexibility index (Phi) is 32.0. The van der Waals surface area contributed by atoms with Gasteiger partial charge in [0.2, 0.25) is 4.29 Å². The van der Waals surface area contributed by atoms with Crippen LogP contribution in [0.3, 0.4) is 0 Å². The largest absolute Gasteiger partial charge is 0.479 e. The van der Waals surface area contributed by atoms with E-state index in [1.54, 1.807) is 16.1 Å². The van der Waals surface area contributed by atoms with Crippen LogP contribution in [0.25, 0.3) is 78.1 Å². The molecule has 0 unspecified atom stereocenters. The Bertz CT molecular complexity index is 6420. The number of rotatable bonds is 29. The van der Waals surface area contributed by atoms with Gasteiger partial charge in [0.15, 0.2) is 196 Å². The third-order valence-corrected chi connectivity index (χ3v) is 25.5. The van der Waals surface area contributed by atoms with Crippen LogP contribution < -0.4 is 38.9 Å². The number of halogens is 7. The Labute approximate surface area is 836 Å². The lowest BCUT2D eigenvalue weighted by atomic mass is 9.98. The number of carbonyl (C=O) groups is 2. The topological polar surface area (TPSA) is 746 Å². The van der Waals surface area contributed by atoms with Crippen LogP contribution in [-0.4, -0.2) is 361 Å². The molecule has 54 nitrogen and oxygen atoms in total. The van der Waals surface area contributed by atoms with E-state index < -0.39 is 166 Å². The Morgan fingerprint density at radius 1 is 0.327 bits per heavy atom. The van der Waals surface area contributed by atoms with Crippen molar-refractivity contribution in [1.82, 2.24) is 137 Å². The van der Waals surface area contributed by atoms with E-state index in [0.29, 0.717) is 156 Å².